The van der Waals surface area contributed by atoms with Gasteiger partial charge in [-0.15, -0.1) is 6.58 Å². The second-order valence-electron chi connectivity index (χ2n) is 9.13. The number of nitrogens with zero attached hydrogens (tertiary/aromatic N) is 3. The molecule has 31 heavy (non-hydrogen) atoms. The van der Waals surface area contributed by atoms with Gasteiger partial charge in [0.1, 0.15) is 0 Å². The van der Waals surface area contributed by atoms with Gasteiger partial charge in [-0.1, -0.05) is 50.3 Å². The molecular formula is C23H34N4O3S. The predicted octanol–water partition coefficient (Wildman–Crippen LogP) is 4.01. The van der Waals surface area contributed by atoms with E-state index < -0.39 is 15.4 Å². The van der Waals surface area contributed by atoms with Crippen LogP contribution in [0.1, 0.15) is 45.9 Å². The molecule has 1 aromatic carbocycles. The van der Waals surface area contributed by atoms with Gasteiger partial charge in [0.05, 0.1) is 24.2 Å². The van der Waals surface area contributed by atoms with Crippen molar-refractivity contribution < 1.29 is 13.2 Å². The van der Waals surface area contributed by atoms with Crippen LogP contribution >= 0.6 is 0 Å². The Hall–Kier alpha value is -2.61. The molecule has 0 saturated heterocycles. The molecule has 8 heteroatoms. The topological polar surface area (TPSA) is 84.3 Å². The maximum atomic E-state index is 13.2. The van der Waals surface area contributed by atoms with Crippen LogP contribution in [0.3, 0.4) is 0 Å². The lowest BCUT2D eigenvalue weighted by molar-refractivity contribution is 0.190. The van der Waals surface area contributed by atoms with Crippen LogP contribution in [0, 0.1) is 5.92 Å². The van der Waals surface area contributed by atoms with E-state index in [1.165, 1.54) is 0 Å². The van der Waals surface area contributed by atoms with Gasteiger partial charge in [0.15, 0.2) is 0 Å². The predicted molar refractivity (Wildman–Crippen MR) is 123 cm³/mol. The number of carbonyl (C=O) groups excluding carboxylic acids is 1. The molecule has 0 saturated carbocycles. The Morgan fingerprint density at radius 2 is 1.90 bits per heavy atom. The number of amides is 2. The van der Waals surface area contributed by atoms with Gasteiger partial charge in [-0.2, -0.15) is 0 Å². The number of benzene rings is 1. The standard InChI is InChI=1S/C23H34N4O3S/c1-7-13-26(21(28)25-23(4,5)6)16-20-14-24-22(27(20)15-18(2)3)31(29,30)17-19-11-9-8-10-12-19/h7-12,14,18H,1,13,15-17H2,2-6H3,(H,25,28). The van der Waals surface area contributed by atoms with Crippen LogP contribution in [0.15, 0.2) is 54.3 Å². The van der Waals surface area contributed by atoms with Crippen LogP contribution in [0.25, 0.3) is 0 Å². The molecule has 0 fully saturated rings. The first kappa shape index (κ1) is 24.7. The summed E-state index contributed by atoms with van der Waals surface area (Å²) in [5.41, 5.74) is 0.992. The van der Waals surface area contributed by atoms with Crippen LogP contribution in [-0.2, 0) is 28.7 Å². The molecule has 0 unspecified atom stereocenters. The van der Waals surface area contributed by atoms with Gasteiger partial charge in [0.25, 0.3) is 0 Å². The molecule has 0 radical (unpaired) electrons. The molecule has 0 spiro atoms. The van der Waals surface area contributed by atoms with Crippen LogP contribution < -0.4 is 5.32 Å². The fourth-order valence-electron chi connectivity index (χ4n) is 3.16. The van der Waals surface area contributed by atoms with E-state index in [1.807, 2.05) is 52.8 Å². The minimum absolute atomic E-state index is 0.0369. The molecular weight excluding hydrogens is 412 g/mol. The normalized spacial score (nSPS) is 12.1. The summed E-state index contributed by atoms with van der Waals surface area (Å²) in [5.74, 6) is 0.0818. The highest BCUT2D eigenvalue weighted by atomic mass is 32.2. The number of hydrogen-bond donors (Lipinski definition) is 1. The zero-order chi connectivity index (χ0) is 23.2. The summed E-state index contributed by atoms with van der Waals surface area (Å²) < 4.78 is 28.0. The molecule has 1 N–H and O–H groups in total. The summed E-state index contributed by atoms with van der Waals surface area (Å²) in [6, 6.07) is 8.83. The molecule has 0 aliphatic heterocycles. The second-order valence-corrected chi connectivity index (χ2v) is 11.0. The first-order valence-electron chi connectivity index (χ1n) is 10.4. The first-order chi connectivity index (χ1) is 14.4. The van der Waals surface area contributed by atoms with Crippen molar-refractivity contribution in [1.82, 2.24) is 19.8 Å². The number of nitrogens with one attached hydrogen (secondary N) is 1. The van der Waals surface area contributed by atoms with Gasteiger partial charge in [-0.25, -0.2) is 18.2 Å². The lowest BCUT2D eigenvalue weighted by Crippen LogP contribution is -2.48. The van der Waals surface area contributed by atoms with Crippen molar-refractivity contribution in [2.45, 2.75) is 64.2 Å². The number of hydrogen-bond acceptors (Lipinski definition) is 4. The number of urea groups is 1. The molecule has 2 aromatic rings. The summed E-state index contributed by atoms with van der Waals surface area (Å²) in [6.07, 6.45) is 3.21. The highest BCUT2D eigenvalue weighted by Gasteiger charge is 2.26. The van der Waals surface area contributed by atoms with E-state index in [1.54, 1.807) is 33.9 Å². The molecule has 0 bridgehead atoms. The van der Waals surface area contributed by atoms with E-state index in [0.717, 1.165) is 0 Å². The van der Waals surface area contributed by atoms with Crippen molar-refractivity contribution in [3.8, 4) is 0 Å². The van der Waals surface area contributed by atoms with Crippen LogP contribution in [0.4, 0.5) is 4.79 Å². The third-order valence-corrected chi connectivity index (χ3v) is 5.99. The molecule has 2 amide bonds. The van der Waals surface area contributed by atoms with E-state index in [-0.39, 0.29) is 29.4 Å². The summed E-state index contributed by atoms with van der Waals surface area (Å²) in [4.78, 5) is 18.6. The monoisotopic (exact) mass is 446 g/mol. The molecule has 0 atom stereocenters. The van der Waals surface area contributed by atoms with Gasteiger partial charge in [0, 0.05) is 18.6 Å². The first-order valence-corrected chi connectivity index (χ1v) is 12.1. The summed E-state index contributed by atoms with van der Waals surface area (Å²) >= 11 is 0. The third kappa shape index (κ3) is 7.24. The number of sulfone groups is 1. The van der Waals surface area contributed by atoms with Crippen molar-refractivity contribution in [2.75, 3.05) is 6.54 Å². The van der Waals surface area contributed by atoms with Crippen LogP contribution in [0.5, 0.6) is 0 Å². The van der Waals surface area contributed by atoms with Crippen molar-refractivity contribution in [3.05, 3.63) is 60.4 Å². The van der Waals surface area contributed by atoms with E-state index in [2.05, 4.69) is 16.9 Å². The molecule has 7 nitrogen and oxygen atoms in total. The molecule has 1 aromatic heterocycles. The third-order valence-electron chi connectivity index (χ3n) is 4.40. The average Bonchev–Trinajstić information content (AvgIpc) is 3.03. The van der Waals surface area contributed by atoms with E-state index >= 15 is 0 Å². The van der Waals surface area contributed by atoms with Gasteiger partial charge >= 0.3 is 6.03 Å². The van der Waals surface area contributed by atoms with E-state index in [0.29, 0.717) is 24.3 Å². The Morgan fingerprint density at radius 3 is 2.45 bits per heavy atom. The van der Waals surface area contributed by atoms with Crippen molar-refractivity contribution in [3.63, 3.8) is 0 Å². The fourth-order valence-corrected chi connectivity index (χ4v) is 4.66. The van der Waals surface area contributed by atoms with Crippen molar-refractivity contribution in [1.29, 1.82) is 0 Å². The lowest BCUT2D eigenvalue weighted by Gasteiger charge is -2.28. The van der Waals surface area contributed by atoms with E-state index in [4.69, 9.17) is 0 Å². The molecule has 170 valence electrons. The Kier molecular flexibility index (Phi) is 8.06. The van der Waals surface area contributed by atoms with Gasteiger partial charge in [0.2, 0.25) is 15.0 Å². The number of imidazole rings is 1. The minimum atomic E-state index is -3.65. The Balaban J connectivity index is 2.38. The number of aromatic nitrogens is 2. The molecule has 1 heterocycles. The maximum absolute atomic E-state index is 13.2. The summed E-state index contributed by atoms with van der Waals surface area (Å²) in [7, 11) is -3.65. The highest BCUT2D eigenvalue weighted by molar-refractivity contribution is 7.90. The quantitative estimate of drug-likeness (QED) is 0.590. The average molecular weight is 447 g/mol. The Morgan fingerprint density at radius 1 is 1.26 bits per heavy atom. The summed E-state index contributed by atoms with van der Waals surface area (Å²) in [5, 5.41) is 2.98. The highest BCUT2D eigenvalue weighted by Crippen LogP contribution is 2.20. The lowest BCUT2D eigenvalue weighted by atomic mass is 10.1. The number of carbonyl (C=O) groups is 1. The van der Waals surface area contributed by atoms with Crippen LogP contribution in [0.2, 0.25) is 0 Å². The molecule has 2 rings (SSSR count). The SMILES string of the molecule is C=CCN(Cc1cnc(S(=O)(=O)Cc2ccccc2)n1CC(C)C)C(=O)NC(C)(C)C. The van der Waals surface area contributed by atoms with Crippen LogP contribution in [-0.4, -0.2) is 41.0 Å². The smallest absolute Gasteiger partial charge is 0.318 e. The fraction of sp³-hybridized carbons (Fsp3) is 0.478. The van der Waals surface area contributed by atoms with Gasteiger partial charge in [-0.05, 0) is 32.3 Å². The number of rotatable bonds is 9. The largest absolute Gasteiger partial charge is 0.333 e. The van der Waals surface area contributed by atoms with Gasteiger partial charge < -0.3 is 14.8 Å². The molecule has 0 aliphatic carbocycles. The Labute approximate surface area is 186 Å². The van der Waals surface area contributed by atoms with Gasteiger partial charge in [-0.3, -0.25) is 0 Å². The maximum Gasteiger partial charge on any atom is 0.318 e. The summed E-state index contributed by atoms with van der Waals surface area (Å²) in [6.45, 7) is 14.6. The van der Waals surface area contributed by atoms with E-state index in [9.17, 15) is 13.2 Å². The van der Waals surface area contributed by atoms with Crippen molar-refractivity contribution >= 4 is 15.9 Å². The zero-order valence-electron chi connectivity index (χ0n) is 19.1. The molecule has 0 aliphatic rings. The minimum Gasteiger partial charge on any atom is -0.333 e. The zero-order valence-corrected chi connectivity index (χ0v) is 19.9. The Bertz CT molecular complexity index is 990. The van der Waals surface area contributed by atoms with Crippen molar-refractivity contribution in [2.24, 2.45) is 5.92 Å². The second kappa shape index (κ2) is 10.1.